The molecule has 1 fully saturated rings. The molecule has 0 aromatic heterocycles. The third-order valence-electron chi connectivity index (χ3n) is 4.69. The fourth-order valence-corrected chi connectivity index (χ4v) is 3.41. The van der Waals surface area contributed by atoms with Crippen LogP contribution in [-0.4, -0.2) is 67.7 Å². The Bertz CT molecular complexity index is 777. The van der Waals surface area contributed by atoms with Gasteiger partial charge in [-0.15, -0.1) is 0 Å². The maximum Gasteiger partial charge on any atom is 0.372 e. The molecule has 0 aromatic rings. The number of rotatable bonds is 8. The minimum Gasteiger partial charge on any atom is -0.477 e. The van der Waals surface area contributed by atoms with E-state index in [4.69, 9.17) is 29.2 Å². The van der Waals surface area contributed by atoms with E-state index in [-0.39, 0.29) is 18.8 Å². The van der Waals surface area contributed by atoms with Crippen molar-refractivity contribution in [3.63, 3.8) is 0 Å². The van der Waals surface area contributed by atoms with Crippen LogP contribution in [0.2, 0.25) is 0 Å². The van der Waals surface area contributed by atoms with Crippen molar-refractivity contribution < 1.29 is 38.1 Å². The molecule has 0 radical (unpaired) electrons. The number of ether oxygens (including phenoxy) is 5. The predicted molar refractivity (Wildman–Crippen MR) is 105 cm³/mol. The van der Waals surface area contributed by atoms with Gasteiger partial charge in [0.1, 0.15) is 6.10 Å². The number of methoxy groups -OCH3 is 1. The van der Waals surface area contributed by atoms with Crippen LogP contribution in [0.4, 0.5) is 0 Å². The molecule has 12 heteroatoms. The highest BCUT2D eigenvalue weighted by atomic mass is 16.8. The van der Waals surface area contributed by atoms with Crippen LogP contribution in [0.3, 0.4) is 0 Å². The van der Waals surface area contributed by atoms with E-state index in [1.165, 1.54) is 20.1 Å². The van der Waals surface area contributed by atoms with Gasteiger partial charge >= 0.3 is 11.9 Å². The molecule has 0 bridgehead atoms. The quantitative estimate of drug-likeness (QED) is 0.257. The first-order valence-corrected chi connectivity index (χ1v) is 9.91. The first-order valence-electron chi connectivity index (χ1n) is 9.91. The Morgan fingerprint density at radius 1 is 1.42 bits per heavy atom. The van der Waals surface area contributed by atoms with Gasteiger partial charge in [-0.25, -0.2) is 4.79 Å². The Balaban J connectivity index is 2.49. The van der Waals surface area contributed by atoms with Gasteiger partial charge in [0.15, 0.2) is 18.0 Å². The molecule has 0 aromatic carbocycles. The number of azide groups is 1. The van der Waals surface area contributed by atoms with Crippen LogP contribution in [0.1, 0.15) is 40.5 Å². The first-order chi connectivity index (χ1) is 14.6. The highest BCUT2D eigenvalue weighted by Gasteiger charge is 2.50. The Labute approximate surface area is 179 Å². The molecule has 5 atom stereocenters. The van der Waals surface area contributed by atoms with Crippen LogP contribution in [0.25, 0.3) is 10.4 Å². The van der Waals surface area contributed by atoms with Crippen molar-refractivity contribution in [1.29, 1.82) is 0 Å². The summed E-state index contributed by atoms with van der Waals surface area (Å²) in [6.45, 7) is 6.58. The Hall–Kier alpha value is -2.82. The third kappa shape index (κ3) is 6.33. The van der Waals surface area contributed by atoms with E-state index >= 15 is 0 Å². The molecule has 2 aliphatic rings. The summed E-state index contributed by atoms with van der Waals surface area (Å²) in [6.07, 6.45) is -1.02. The Morgan fingerprint density at radius 3 is 2.65 bits per heavy atom. The third-order valence-corrected chi connectivity index (χ3v) is 4.69. The van der Waals surface area contributed by atoms with Crippen molar-refractivity contribution >= 4 is 17.8 Å². The first kappa shape index (κ1) is 24.4. The molecule has 12 nitrogen and oxygen atoms in total. The largest absolute Gasteiger partial charge is 0.477 e. The molecule has 0 saturated carbocycles. The molecule has 2 heterocycles. The lowest BCUT2D eigenvalue weighted by Crippen LogP contribution is -2.60. The number of amides is 1. The molecule has 0 unspecified atom stereocenters. The van der Waals surface area contributed by atoms with Crippen molar-refractivity contribution in [2.24, 2.45) is 5.11 Å². The van der Waals surface area contributed by atoms with E-state index in [1.807, 2.05) is 6.92 Å². The van der Waals surface area contributed by atoms with Gasteiger partial charge in [-0.05, 0) is 31.9 Å². The lowest BCUT2D eigenvalue weighted by Gasteiger charge is -2.40. The number of carbonyl (C=O) groups excluding carboxylic acids is 3. The van der Waals surface area contributed by atoms with E-state index in [1.54, 1.807) is 13.8 Å². The molecule has 1 amide bonds. The van der Waals surface area contributed by atoms with Crippen molar-refractivity contribution in [3.05, 3.63) is 22.3 Å². The standard InChI is InChI=1S/C19H28N4O8/c1-6-7-14(25)30-16(13-9-28-19(3,4)31-13)17-15(21-10(2)24)11(22-23-20)8-12(29-17)18(26)27-5/h8,11,13,15-17H,6-7,9H2,1-5H3,(H,21,24)/t11-,13+,15+,16+,17+/m0/s1. The summed E-state index contributed by atoms with van der Waals surface area (Å²) in [5, 5.41) is 6.34. The van der Waals surface area contributed by atoms with Crippen LogP contribution in [0.15, 0.2) is 16.9 Å². The highest BCUT2D eigenvalue weighted by Crippen LogP contribution is 2.32. The van der Waals surface area contributed by atoms with Gasteiger partial charge in [0.25, 0.3) is 0 Å². The average molecular weight is 440 g/mol. The van der Waals surface area contributed by atoms with Gasteiger partial charge in [0.05, 0.1) is 25.8 Å². The van der Waals surface area contributed by atoms with Crippen LogP contribution in [0.5, 0.6) is 0 Å². The smallest absolute Gasteiger partial charge is 0.372 e. The average Bonchev–Trinajstić information content (AvgIpc) is 3.06. The predicted octanol–water partition coefficient (Wildman–Crippen LogP) is 1.49. The normalized spacial score (nSPS) is 27.7. The molecule has 2 rings (SSSR count). The number of hydrogen-bond donors (Lipinski definition) is 1. The number of esters is 2. The van der Waals surface area contributed by atoms with Crippen molar-refractivity contribution in [3.8, 4) is 0 Å². The summed E-state index contributed by atoms with van der Waals surface area (Å²) in [5.74, 6) is -2.94. The van der Waals surface area contributed by atoms with Gasteiger partial charge in [0, 0.05) is 18.3 Å². The molecule has 172 valence electrons. The van der Waals surface area contributed by atoms with Crippen LogP contribution in [0, 0.1) is 0 Å². The molecular weight excluding hydrogens is 412 g/mol. The lowest BCUT2D eigenvalue weighted by molar-refractivity contribution is -0.188. The fourth-order valence-electron chi connectivity index (χ4n) is 3.41. The molecule has 1 saturated heterocycles. The van der Waals surface area contributed by atoms with E-state index in [0.717, 1.165) is 0 Å². The lowest BCUT2D eigenvalue weighted by atomic mass is 9.92. The minimum absolute atomic E-state index is 0.0766. The van der Waals surface area contributed by atoms with Crippen LogP contribution >= 0.6 is 0 Å². The summed E-state index contributed by atoms with van der Waals surface area (Å²) < 4.78 is 27.7. The van der Waals surface area contributed by atoms with E-state index < -0.39 is 54.0 Å². The zero-order chi connectivity index (χ0) is 23.2. The number of nitrogens with zero attached hydrogens (tertiary/aromatic N) is 3. The van der Waals surface area contributed by atoms with Crippen molar-refractivity contribution in [2.75, 3.05) is 13.7 Å². The molecule has 2 aliphatic heterocycles. The number of carbonyl (C=O) groups is 3. The second-order valence-electron chi connectivity index (χ2n) is 7.60. The highest BCUT2D eigenvalue weighted by molar-refractivity contribution is 5.86. The fraction of sp³-hybridized carbons (Fsp3) is 0.737. The van der Waals surface area contributed by atoms with Crippen molar-refractivity contribution in [2.45, 2.75) is 76.7 Å². The minimum atomic E-state index is -1.12. The monoisotopic (exact) mass is 440 g/mol. The van der Waals surface area contributed by atoms with Gasteiger partial charge in [-0.1, -0.05) is 12.0 Å². The number of nitrogens with one attached hydrogen (secondary N) is 1. The zero-order valence-electron chi connectivity index (χ0n) is 18.2. The van der Waals surface area contributed by atoms with E-state index in [0.29, 0.717) is 6.42 Å². The maximum atomic E-state index is 12.4. The SMILES string of the molecule is CCCC(=O)O[C@@H]([C@@H]1OC(C(=O)OC)=C[C@H](N=[N+]=[N-])[C@H]1NC(C)=O)[C@H]1COC(C)(C)O1. The van der Waals surface area contributed by atoms with E-state index in [9.17, 15) is 14.4 Å². The summed E-state index contributed by atoms with van der Waals surface area (Å²) in [7, 11) is 1.17. The second kappa shape index (κ2) is 10.5. The van der Waals surface area contributed by atoms with Gasteiger partial charge < -0.3 is 29.0 Å². The summed E-state index contributed by atoms with van der Waals surface area (Å²) >= 11 is 0. The van der Waals surface area contributed by atoms with Crippen LogP contribution in [-0.2, 0) is 38.1 Å². The molecule has 1 N–H and O–H groups in total. The summed E-state index contributed by atoms with van der Waals surface area (Å²) in [5.41, 5.74) is 9.00. The summed E-state index contributed by atoms with van der Waals surface area (Å²) in [4.78, 5) is 39.2. The second-order valence-corrected chi connectivity index (χ2v) is 7.60. The molecule has 0 spiro atoms. The Morgan fingerprint density at radius 2 is 2.13 bits per heavy atom. The summed E-state index contributed by atoms with van der Waals surface area (Å²) in [6, 6.07) is -1.96. The van der Waals surface area contributed by atoms with Crippen LogP contribution < -0.4 is 5.32 Å². The van der Waals surface area contributed by atoms with E-state index in [2.05, 4.69) is 15.3 Å². The van der Waals surface area contributed by atoms with Crippen molar-refractivity contribution in [1.82, 2.24) is 5.32 Å². The number of hydrogen-bond acceptors (Lipinski definition) is 9. The van der Waals surface area contributed by atoms with Gasteiger partial charge in [0.2, 0.25) is 11.7 Å². The molecule has 0 aliphatic carbocycles. The zero-order valence-corrected chi connectivity index (χ0v) is 18.2. The topological polar surface area (TPSA) is 158 Å². The molecule has 31 heavy (non-hydrogen) atoms. The van der Waals surface area contributed by atoms with Gasteiger partial charge in [-0.3, -0.25) is 9.59 Å². The maximum absolute atomic E-state index is 12.4. The Kier molecular flexibility index (Phi) is 8.26. The molecular formula is C19H28N4O8. The van der Waals surface area contributed by atoms with Gasteiger partial charge in [-0.2, -0.15) is 0 Å².